The molecular formula is C96H73BBr2N4O6PPd-. The van der Waals surface area contributed by atoms with E-state index in [1.165, 1.54) is 59.7 Å². The van der Waals surface area contributed by atoms with E-state index in [2.05, 4.69) is 287 Å². The molecule has 17 aromatic rings. The third-order valence-corrected chi connectivity index (χ3v) is 20.7. The summed E-state index contributed by atoms with van der Waals surface area (Å²) in [5.74, 6) is -0.234. The van der Waals surface area contributed by atoms with E-state index >= 15 is 0 Å². The number of carboxylic acid groups (broad SMARTS) is 2. The quantitative estimate of drug-likeness (QED) is 0.0525. The van der Waals surface area contributed by atoms with Crippen LogP contribution in [0.3, 0.4) is 0 Å². The minimum Gasteiger partial charge on any atom is -0.481 e. The van der Waals surface area contributed by atoms with Crippen LogP contribution >= 0.6 is 39.8 Å². The first kappa shape index (κ1) is 80.2. The van der Waals surface area contributed by atoms with Crippen LogP contribution in [0.5, 0.6) is 0 Å². The van der Waals surface area contributed by atoms with Gasteiger partial charge in [-0.05, 0) is 127 Å². The van der Waals surface area contributed by atoms with Gasteiger partial charge < -0.3 is 20.3 Å². The van der Waals surface area contributed by atoms with Gasteiger partial charge in [0.05, 0.1) is 22.8 Å². The summed E-state index contributed by atoms with van der Waals surface area (Å²) in [7, 11) is -1.90. The third kappa shape index (κ3) is 22.0. The molecule has 0 aliphatic rings. The van der Waals surface area contributed by atoms with Crippen LogP contribution in [0.15, 0.2) is 391 Å². The Bertz CT molecular complexity index is 5610. The molecule has 2 aromatic heterocycles. The van der Waals surface area contributed by atoms with Gasteiger partial charge in [0.2, 0.25) is 0 Å². The molecule has 4 N–H and O–H groups in total. The Balaban J connectivity index is 0.000000154. The number of benzene rings is 15. The Labute approximate surface area is 678 Å². The first-order valence-corrected chi connectivity index (χ1v) is 38.3. The molecule has 0 aliphatic heterocycles. The summed E-state index contributed by atoms with van der Waals surface area (Å²) in [6, 6.07) is 134. The second-order valence-corrected chi connectivity index (χ2v) is 29.1. The Morgan fingerprint density at radius 2 is 0.622 bits per heavy atom. The number of hydrogen-bond donors (Lipinski definition) is 4. The van der Waals surface area contributed by atoms with Crippen LogP contribution in [0.4, 0.5) is 0 Å². The molecule has 111 heavy (non-hydrogen) atoms. The second kappa shape index (κ2) is 40.1. The Morgan fingerprint density at radius 1 is 0.324 bits per heavy atom. The van der Waals surface area contributed by atoms with Crippen molar-refractivity contribution in [2.45, 2.75) is 13.8 Å². The first-order valence-electron chi connectivity index (χ1n) is 35.4. The van der Waals surface area contributed by atoms with Gasteiger partial charge in [0, 0.05) is 76.6 Å². The molecule has 10 nitrogen and oxygen atoms in total. The molecule has 0 unspecified atom stereocenters. The van der Waals surface area contributed by atoms with E-state index in [1.54, 1.807) is 6.07 Å². The molecule has 0 bridgehead atoms. The maximum absolute atomic E-state index is 9.08. The smallest absolute Gasteiger partial charge is 0.481 e. The minimum atomic E-state index is -1.40. The van der Waals surface area contributed by atoms with E-state index in [9.17, 15) is 0 Å². The summed E-state index contributed by atoms with van der Waals surface area (Å²) in [5.41, 5.74) is 15.1. The summed E-state index contributed by atoms with van der Waals surface area (Å²) in [6.45, 7) is 2.17. The Kier molecular flexibility index (Phi) is 29.0. The maximum atomic E-state index is 9.08. The van der Waals surface area contributed by atoms with Crippen LogP contribution in [-0.4, -0.2) is 59.3 Å². The van der Waals surface area contributed by atoms with Gasteiger partial charge in [-0.2, -0.15) is 30.3 Å². The van der Waals surface area contributed by atoms with Gasteiger partial charge in [-0.25, -0.2) is 19.9 Å². The largest absolute Gasteiger partial charge is 0.489 e. The van der Waals surface area contributed by atoms with Crippen LogP contribution in [0.2, 0.25) is 0 Å². The van der Waals surface area contributed by atoms with Crippen molar-refractivity contribution in [1.82, 2.24) is 19.9 Å². The van der Waals surface area contributed by atoms with E-state index in [1.807, 2.05) is 127 Å². The number of carbonyl (C=O) groups is 2. The molecule has 546 valence electrons. The van der Waals surface area contributed by atoms with Crippen molar-refractivity contribution in [3.05, 3.63) is 397 Å². The predicted octanol–water partition coefficient (Wildman–Crippen LogP) is 22.1. The number of halogens is 2. The number of carboxylic acids is 2. The fourth-order valence-corrected chi connectivity index (χ4v) is 15.5. The molecule has 2 heterocycles. The average molecular weight is 1690 g/mol. The van der Waals surface area contributed by atoms with Crippen LogP contribution in [0.25, 0.3) is 122 Å². The van der Waals surface area contributed by atoms with Crippen molar-refractivity contribution in [3.63, 3.8) is 0 Å². The van der Waals surface area contributed by atoms with Crippen molar-refractivity contribution in [3.8, 4) is 90.1 Å². The zero-order chi connectivity index (χ0) is 76.6. The molecule has 17 rings (SSSR count). The standard InChI is InChI=1S/C42H28N2.C22H14Br2N2.C18H14P.C10H9BO2.2C2H4O2.Pd/c1-2-14-31(15-3-1)42-43-40(34-20-8-18-32(26-34)38-24-10-16-29-12-4-6-22-36(29)38)28-41(44-42)35-21-9-19-33(27-35)39-25-11-17-30-13-5-7-23-37(30)39;23-18-10-4-8-16(12-18)20-14-21(17-9-5-11-19(24)13-17)26-22(25-20)15-6-2-1-3-7-15;1-4-10-16(11-5-1)19(17-12-6-2-7-13-17)18-14-8-3-9-15-18;12-11(13)10-7-3-5-8-4-1-2-6-9(8)10;2*1-2(3)4;/h1-28H;1-14H;1-14H;1-7,12-13H;2*1H3,(H,3,4);/q;;-1;;;;. The molecule has 0 saturated heterocycles. The second-order valence-electron chi connectivity index (χ2n) is 25.1. The number of aromatic nitrogens is 4. The monoisotopic (exact) mass is 1680 g/mol. The molecule has 0 aliphatic carbocycles. The molecule has 15 aromatic carbocycles. The number of fused-ring (bicyclic) bond motifs is 3. The van der Waals surface area contributed by atoms with E-state index in [4.69, 9.17) is 49.8 Å². The minimum absolute atomic E-state index is 0. The first-order chi connectivity index (χ1) is 53.7. The van der Waals surface area contributed by atoms with Crippen molar-refractivity contribution in [2.75, 3.05) is 0 Å². The fraction of sp³-hybridized carbons (Fsp3) is 0.0208. The van der Waals surface area contributed by atoms with Gasteiger partial charge in [0.15, 0.2) is 11.6 Å². The number of rotatable bonds is 12. The summed E-state index contributed by atoms with van der Waals surface area (Å²) in [5, 5.41) is 43.9. The summed E-state index contributed by atoms with van der Waals surface area (Å²) in [4.78, 5) is 37.9. The van der Waals surface area contributed by atoms with E-state index < -0.39 is 27.0 Å². The zero-order valence-electron chi connectivity index (χ0n) is 60.4. The van der Waals surface area contributed by atoms with Crippen molar-refractivity contribution < 1.29 is 50.3 Å². The Hall–Kier alpha value is -11.8. The van der Waals surface area contributed by atoms with Crippen molar-refractivity contribution >= 4 is 113 Å². The average Bonchev–Trinajstić information content (AvgIpc) is 0.806. The number of nitrogens with zero attached hydrogens (tertiary/aromatic N) is 4. The van der Waals surface area contributed by atoms with Gasteiger partial charge in [0.1, 0.15) is 0 Å². The van der Waals surface area contributed by atoms with Crippen LogP contribution in [-0.2, 0) is 30.0 Å². The summed E-state index contributed by atoms with van der Waals surface area (Å²) < 4.78 is 2.05. The Morgan fingerprint density at radius 3 is 1.00 bits per heavy atom. The molecule has 0 spiro atoms. The van der Waals surface area contributed by atoms with Gasteiger partial charge in [-0.15, -0.1) is 5.30 Å². The number of aliphatic carboxylic acids is 2. The van der Waals surface area contributed by atoms with Crippen LogP contribution in [0, 0.1) is 6.07 Å². The maximum Gasteiger partial charge on any atom is 0.489 e. The fourth-order valence-electron chi connectivity index (χ4n) is 12.4. The normalized spacial score (nSPS) is 10.4. The van der Waals surface area contributed by atoms with E-state index in [0.29, 0.717) is 11.3 Å². The topological polar surface area (TPSA) is 167 Å². The van der Waals surface area contributed by atoms with Crippen LogP contribution in [0.1, 0.15) is 13.8 Å². The van der Waals surface area contributed by atoms with Gasteiger partial charge in [0.25, 0.3) is 11.9 Å². The van der Waals surface area contributed by atoms with Crippen LogP contribution < -0.4 is 21.4 Å². The molecule has 0 amide bonds. The molecule has 0 saturated carbocycles. The molecule has 0 radical (unpaired) electrons. The van der Waals surface area contributed by atoms with Gasteiger partial charge >= 0.3 is 7.12 Å². The summed E-state index contributed by atoms with van der Waals surface area (Å²) in [6.07, 6.45) is 0. The summed E-state index contributed by atoms with van der Waals surface area (Å²) >= 11 is 7.09. The molecule has 0 atom stereocenters. The predicted molar refractivity (Wildman–Crippen MR) is 462 cm³/mol. The van der Waals surface area contributed by atoms with Crippen molar-refractivity contribution in [2.24, 2.45) is 0 Å². The number of hydrogen-bond acceptors (Lipinski definition) is 8. The van der Waals surface area contributed by atoms with Crippen molar-refractivity contribution in [1.29, 1.82) is 0 Å². The van der Waals surface area contributed by atoms with E-state index in [-0.39, 0.29) is 20.4 Å². The van der Waals surface area contributed by atoms with E-state index in [0.717, 1.165) is 95.5 Å². The zero-order valence-corrected chi connectivity index (χ0v) is 66.0. The third-order valence-electron chi connectivity index (χ3n) is 17.3. The molecular weight excluding hydrogens is 1610 g/mol. The molecule has 15 heteroatoms. The van der Waals surface area contributed by atoms with Gasteiger partial charge in [-0.3, -0.25) is 9.59 Å². The molecule has 0 fully saturated rings. The van der Waals surface area contributed by atoms with Gasteiger partial charge in [-0.1, -0.05) is 341 Å². The SMILES string of the molecule is Brc1cccc(-c2cc(-c3cccc(Br)c3)nc(-c3ccccc3)n2)c1.CC(=O)O.CC(=O)O.OB(O)c1cccc2ccccc12.[Pd].[c-]1ccccc1P(c1ccccc1)c1ccccc1.c1ccc(-c2nc(-c3cccc(-c4cccc5ccccc45)c3)cc(-c3cccc(-c4cccc5ccccc45)c3)n2)cc1.